The predicted molar refractivity (Wildman–Crippen MR) is 140 cm³/mol. The van der Waals surface area contributed by atoms with Crippen LogP contribution in [0.2, 0.25) is 0 Å². The molecular formula is C27H30F8N8O2. The molecule has 5 rings (SSSR count). The molecule has 2 aliphatic rings. The summed E-state index contributed by atoms with van der Waals surface area (Å²) in [5, 5.41) is 12.5. The number of hydrogen-bond donors (Lipinski definition) is 2. The summed E-state index contributed by atoms with van der Waals surface area (Å²) in [6.45, 7) is -0.650. The van der Waals surface area contributed by atoms with Gasteiger partial charge in [-0.1, -0.05) is 5.21 Å². The maximum Gasteiger partial charge on any atom is 0.390 e. The van der Waals surface area contributed by atoms with Crippen molar-refractivity contribution >= 4 is 17.6 Å². The van der Waals surface area contributed by atoms with E-state index in [0.29, 0.717) is 5.69 Å². The second kappa shape index (κ2) is 12.5. The summed E-state index contributed by atoms with van der Waals surface area (Å²) in [4.78, 5) is 34.6. The Morgan fingerprint density at radius 2 is 1.53 bits per heavy atom. The Morgan fingerprint density at radius 3 is 2.18 bits per heavy atom. The predicted octanol–water partition coefficient (Wildman–Crippen LogP) is 5.48. The van der Waals surface area contributed by atoms with Gasteiger partial charge in [-0.25, -0.2) is 23.4 Å². The van der Waals surface area contributed by atoms with Gasteiger partial charge in [-0.2, -0.15) is 26.3 Å². The number of fused-ring (bicyclic) bond motifs is 1. The van der Waals surface area contributed by atoms with Crippen LogP contribution in [0.5, 0.6) is 0 Å². The molecule has 0 spiro atoms. The van der Waals surface area contributed by atoms with Crippen LogP contribution in [0, 0.1) is 11.8 Å². The average molecular weight is 651 g/mol. The monoisotopic (exact) mass is 650 g/mol. The fourth-order valence-corrected chi connectivity index (χ4v) is 5.47. The van der Waals surface area contributed by atoms with Gasteiger partial charge in [-0.05, 0) is 43.6 Å². The number of halogens is 8. The summed E-state index contributed by atoms with van der Waals surface area (Å²) in [7, 11) is 0. The van der Waals surface area contributed by atoms with Gasteiger partial charge in [0.05, 0.1) is 49.1 Å². The smallest absolute Gasteiger partial charge is 0.347 e. The third kappa shape index (κ3) is 8.65. The zero-order chi connectivity index (χ0) is 32.6. The zero-order valence-electron chi connectivity index (χ0n) is 23.7. The number of rotatable bonds is 11. The van der Waals surface area contributed by atoms with Gasteiger partial charge in [0.15, 0.2) is 0 Å². The number of hydrogen-bond acceptors (Lipinski definition) is 6. The first-order valence-corrected chi connectivity index (χ1v) is 14.4. The van der Waals surface area contributed by atoms with E-state index in [1.54, 1.807) is 12.3 Å². The van der Waals surface area contributed by atoms with Crippen molar-refractivity contribution in [1.82, 2.24) is 40.0 Å². The van der Waals surface area contributed by atoms with Gasteiger partial charge in [0.25, 0.3) is 5.91 Å². The number of nitrogens with zero attached hydrogens (tertiary/aromatic N) is 6. The summed E-state index contributed by atoms with van der Waals surface area (Å²) in [5.41, 5.74) is 0.387. The van der Waals surface area contributed by atoms with E-state index >= 15 is 0 Å². The minimum Gasteiger partial charge on any atom is -0.347 e. The Bertz CT molecular complexity index is 1500. The average Bonchev–Trinajstić information content (AvgIpc) is 3.52. The van der Waals surface area contributed by atoms with E-state index in [1.807, 2.05) is 0 Å². The van der Waals surface area contributed by atoms with Crippen molar-refractivity contribution < 1.29 is 44.7 Å². The number of alkyl halides is 8. The lowest BCUT2D eigenvalue weighted by Gasteiger charge is -2.33. The van der Waals surface area contributed by atoms with E-state index in [1.165, 1.54) is 10.6 Å². The van der Waals surface area contributed by atoms with Crippen LogP contribution in [0.4, 0.5) is 35.1 Å². The molecule has 45 heavy (non-hydrogen) atoms. The molecule has 2 atom stereocenters. The van der Waals surface area contributed by atoms with E-state index in [-0.39, 0.29) is 35.9 Å². The van der Waals surface area contributed by atoms with Crippen molar-refractivity contribution in [1.29, 1.82) is 0 Å². The molecule has 246 valence electrons. The Balaban J connectivity index is 1.39. The molecule has 2 amide bonds. The van der Waals surface area contributed by atoms with Crippen LogP contribution < -0.4 is 10.6 Å². The van der Waals surface area contributed by atoms with Crippen molar-refractivity contribution in [3.8, 4) is 0 Å². The van der Waals surface area contributed by atoms with Crippen molar-refractivity contribution in [3.05, 3.63) is 41.7 Å². The molecule has 2 N–H and O–H groups in total. The first-order chi connectivity index (χ1) is 21.1. The molecule has 2 fully saturated rings. The van der Waals surface area contributed by atoms with Gasteiger partial charge in [0.2, 0.25) is 17.6 Å². The molecule has 0 radical (unpaired) electrons. The van der Waals surface area contributed by atoms with Crippen molar-refractivity contribution in [2.45, 2.75) is 94.7 Å². The van der Waals surface area contributed by atoms with E-state index in [4.69, 9.17) is 0 Å². The van der Waals surface area contributed by atoms with Crippen LogP contribution in [-0.4, -0.2) is 59.5 Å². The molecule has 3 aromatic heterocycles. The van der Waals surface area contributed by atoms with Gasteiger partial charge in [0.1, 0.15) is 5.69 Å². The summed E-state index contributed by atoms with van der Waals surface area (Å²) in [6, 6.07) is 0.0212. The molecule has 18 heteroatoms. The van der Waals surface area contributed by atoms with Gasteiger partial charge in [-0.3, -0.25) is 14.0 Å². The van der Waals surface area contributed by atoms with Crippen LogP contribution in [0.3, 0.4) is 0 Å². The minimum absolute atomic E-state index is 0.0176. The second-order valence-corrected chi connectivity index (χ2v) is 11.6. The first kappa shape index (κ1) is 32.5. The SMILES string of the molecule is O=C(CCC(F)(F)F)NC(c1ccn2cc([C@@H](NC(=O)c3cnnn3CCC(F)(F)F)C3CCC(F)(F)CC3)nc2n1)C1CC1. The number of aryl methyl sites for hydroxylation is 1. The van der Waals surface area contributed by atoms with Crippen molar-refractivity contribution in [2.75, 3.05) is 0 Å². The van der Waals surface area contributed by atoms with Crippen LogP contribution >= 0.6 is 0 Å². The maximum atomic E-state index is 14.0. The van der Waals surface area contributed by atoms with Gasteiger partial charge in [0, 0.05) is 31.7 Å². The number of nitrogens with one attached hydrogen (secondary N) is 2. The summed E-state index contributed by atoms with van der Waals surface area (Å²) in [6.07, 6.45) is -7.39. The third-order valence-electron chi connectivity index (χ3n) is 8.03. The van der Waals surface area contributed by atoms with E-state index in [9.17, 15) is 44.7 Å². The number of amides is 2. The van der Waals surface area contributed by atoms with E-state index < -0.39 is 86.7 Å². The van der Waals surface area contributed by atoms with E-state index in [0.717, 1.165) is 23.7 Å². The Kier molecular flexibility index (Phi) is 9.04. The van der Waals surface area contributed by atoms with Gasteiger partial charge in [-0.15, -0.1) is 5.10 Å². The Labute approximate surface area is 251 Å². The Morgan fingerprint density at radius 1 is 0.911 bits per heavy atom. The molecule has 3 aromatic rings. The molecule has 10 nitrogen and oxygen atoms in total. The molecule has 0 aromatic carbocycles. The molecule has 1 unspecified atom stereocenters. The number of imidazole rings is 1. The fraction of sp³-hybridized carbons (Fsp3) is 0.630. The summed E-state index contributed by atoms with van der Waals surface area (Å²) in [5.74, 6) is -4.83. The largest absolute Gasteiger partial charge is 0.390 e. The quantitative estimate of drug-likeness (QED) is 0.266. The van der Waals surface area contributed by atoms with Crippen molar-refractivity contribution in [3.63, 3.8) is 0 Å². The standard InChI is InChI=1S/C27H30F8N8O2/c28-25(29)7-3-16(4-8-25)22(40-23(45)19-13-36-41-43(19)12-10-27(33,34)35)18-14-42-11-6-17(37-24(42)38-18)21(15-1-2-15)39-20(44)5-9-26(30,31)32/h6,11,13-16,21-22H,1-5,7-10,12H2,(H,39,44)(H,40,45)/t21?,22-/m0/s1. The highest BCUT2D eigenvalue weighted by Crippen LogP contribution is 2.42. The van der Waals surface area contributed by atoms with Crippen LogP contribution in [-0.2, 0) is 11.3 Å². The second-order valence-electron chi connectivity index (χ2n) is 11.6. The normalized spacial score (nSPS) is 18.9. The molecular weight excluding hydrogens is 620 g/mol. The lowest BCUT2D eigenvalue weighted by molar-refractivity contribution is -0.144. The molecule has 2 saturated carbocycles. The third-order valence-corrected chi connectivity index (χ3v) is 8.03. The van der Waals surface area contributed by atoms with Crippen LogP contribution in [0.1, 0.15) is 91.7 Å². The van der Waals surface area contributed by atoms with Gasteiger partial charge >= 0.3 is 12.4 Å². The van der Waals surface area contributed by atoms with Crippen LogP contribution in [0.15, 0.2) is 24.7 Å². The number of carbonyl (C=O) groups excluding carboxylic acids is 2. The molecule has 2 aliphatic carbocycles. The van der Waals surface area contributed by atoms with Gasteiger partial charge < -0.3 is 10.6 Å². The highest BCUT2D eigenvalue weighted by Gasteiger charge is 2.40. The molecule has 3 heterocycles. The summed E-state index contributed by atoms with van der Waals surface area (Å²) < 4.78 is 106. The lowest BCUT2D eigenvalue weighted by Crippen LogP contribution is -2.38. The summed E-state index contributed by atoms with van der Waals surface area (Å²) >= 11 is 0. The zero-order valence-corrected chi connectivity index (χ0v) is 23.7. The highest BCUT2D eigenvalue weighted by atomic mass is 19.4. The topological polar surface area (TPSA) is 119 Å². The van der Waals surface area contributed by atoms with E-state index in [2.05, 4.69) is 30.9 Å². The molecule has 0 saturated heterocycles. The lowest BCUT2D eigenvalue weighted by atomic mass is 9.81. The minimum atomic E-state index is -4.50. The molecule has 0 aliphatic heterocycles. The number of aromatic nitrogens is 6. The first-order valence-electron chi connectivity index (χ1n) is 14.4. The highest BCUT2D eigenvalue weighted by molar-refractivity contribution is 5.92. The maximum absolute atomic E-state index is 14.0. The molecule has 0 bridgehead atoms. The fourth-order valence-electron chi connectivity index (χ4n) is 5.47. The van der Waals surface area contributed by atoms with Crippen LogP contribution in [0.25, 0.3) is 5.78 Å². The Hall–Kier alpha value is -3.86. The number of carbonyl (C=O) groups is 2. The van der Waals surface area contributed by atoms with Crippen molar-refractivity contribution in [2.24, 2.45) is 11.8 Å².